The summed E-state index contributed by atoms with van der Waals surface area (Å²) >= 11 is 0. The van der Waals surface area contributed by atoms with E-state index in [0.29, 0.717) is 25.4 Å². The van der Waals surface area contributed by atoms with Crippen LogP contribution in [-0.4, -0.2) is 33.7 Å². The molecule has 0 spiro atoms. The predicted molar refractivity (Wildman–Crippen MR) is 83.9 cm³/mol. The third kappa shape index (κ3) is 4.18. The molecule has 0 atom stereocenters. The number of sulfonamides is 1. The molecule has 1 aromatic rings. The first-order valence-corrected chi connectivity index (χ1v) is 8.64. The molecular formula is C15H23FN2O3S. The zero-order valence-electron chi connectivity index (χ0n) is 13.4. The summed E-state index contributed by atoms with van der Waals surface area (Å²) in [7, 11) is -3.91. The van der Waals surface area contributed by atoms with E-state index in [1.807, 2.05) is 0 Å². The van der Waals surface area contributed by atoms with Crippen LogP contribution < -0.4 is 10.0 Å². The smallest absolute Gasteiger partial charge is 0.244 e. The van der Waals surface area contributed by atoms with Gasteiger partial charge in [-0.1, -0.05) is 6.92 Å². The Morgan fingerprint density at radius 2 is 1.95 bits per heavy atom. The van der Waals surface area contributed by atoms with Crippen molar-refractivity contribution in [3.05, 3.63) is 24.0 Å². The van der Waals surface area contributed by atoms with Gasteiger partial charge in [0, 0.05) is 23.2 Å². The summed E-state index contributed by atoms with van der Waals surface area (Å²) < 4.78 is 46.1. The van der Waals surface area contributed by atoms with Gasteiger partial charge in [-0.15, -0.1) is 0 Å². The zero-order valence-corrected chi connectivity index (χ0v) is 14.2. The molecular weight excluding hydrogens is 307 g/mol. The molecule has 1 fully saturated rings. The first-order chi connectivity index (χ1) is 10.0. The number of hydrogen-bond donors (Lipinski definition) is 2. The first-order valence-electron chi connectivity index (χ1n) is 7.16. The van der Waals surface area contributed by atoms with Crippen molar-refractivity contribution in [2.75, 3.05) is 25.1 Å². The van der Waals surface area contributed by atoms with Crippen molar-refractivity contribution >= 4 is 15.7 Å². The molecule has 2 rings (SSSR count). The van der Waals surface area contributed by atoms with Crippen molar-refractivity contribution < 1.29 is 17.5 Å². The fraction of sp³-hybridized carbons (Fsp3) is 0.600. The molecule has 1 aliphatic heterocycles. The molecule has 0 unspecified atom stereocenters. The Balaban J connectivity index is 2.19. The monoisotopic (exact) mass is 330 g/mol. The molecule has 0 aliphatic carbocycles. The molecule has 0 amide bonds. The Labute approximate surface area is 131 Å². The van der Waals surface area contributed by atoms with E-state index in [-0.39, 0.29) is 10.3 Å². The van der Waals surface area contributed by atoms with Gasteiger partial charge >= 0.3 is 0 Å². The van der Waals surface area contributed by atoms with Gasteiger partial charge in [0.1, 0.15) is 10.7 Å². The molecule has 22 heavy (non-hydrogen) atoms. The fourth-order valence-corrected chi connectivity index (χ4v) is 3.67. The second kappa shape index (κ2) is 5.79. The molecule has 5 nitrogen and oxygen atoms in total. The molecule has 7 heteroatoms. The van der Waals surface area contributed by atoms with Crippen molar-refractivity contribution in [2.45, 2.75) is 38.1 Å². The van der Waals surface area contributed by atoms with Crippen molar-refractivity contribution in [3.63, 3.8) is 0 Å². The van der Waals surface area contributed by atoms with Crippen LogP contribution in [0.5, 0.6) is 0 Å². The van der Waals surface area contributed by atoms with Crippen molar-refractivity contribution in [3.8, 4) is 0 Å². The molecule has 0 bridgehead atoms. The number of anilines is 1. The number of rotatable bonds is 5. The van der Waals surface area contributed by atoms with Crippen LogP contribution in [0.15, 0.2) is 23.1 Å². The second-order valence-electron chi connectivity index (χ2n) is 7.16. The Morgan fingerprint density at radius 3 is 2.45 bits per heavy atom. The second-order valence-corrected chi connectivity index (χ2v) is 8.81. The van der Waals surface area contributed by atoms with E-state index in [1.54, 1.807) is 20.8 Å². The van der Waals surface area contributed by atoms with Crippen LogP contribution in [-0.2, 0) is 14.8 Å². The van der Waals surface area contributed by atoms with E-state index in [4.69, 9.17) is 4.74 Å². The largest absolute Gasteiger partial charge is 0.384 e. The van der Waals surface area contributed by atoms with Crippen LogP contribution >= 0.6 is 0 Å². The van der Waals surface area contributed by atoms with E-state index in [1.165, 1.54) is 18.2 Å². The first kappa shape index (κ1) is 17.2. The molecule has 0 aromatic heterocycles. The molecule has 1 heterocycles. The van der Waals surface area contributed by atoms with E-state index < -0.39 is 21.4 Å². The van der Waals surface area contributed by atoms with Gasteiger partial charge in [0.05, 0.1) is 13.2 Å². The maximum atomic E-state index is 13.9. The minimum atomic E-state index is -3.91. The Bertz CT molecular complexity index is 649. The van der Waals surface area contributed by atoms with Crippen molar-refractivity contribution in [2.24, 2.45) is 5.41 Å². The van der Waals surface area contributed by atoms with Gasteiger partial charge in [-0.2, -0.15) is 0 Å². The molecule has 1 aromatic carbocycles. The van der Waals surface area contributed by atoms with Crippen LogP contribution in [0.3, 0.4) is 0 Å². The van der Waals surface area contributed by atoms with E-state index >= 15 is 0 Å². The van der Waals surface area contributed by atoms with Gasteiger partial charge in [0.2, 0.25) is 10.0 Å². The van der Waals surface area contributed by atoms with Gasteiger partial charge in [-0.05, 0) is 39.0 Å². The van der Waals surface area contributed by atoms with Crippen LogP contribution in [0.4, 0.5) is 10.1 Å². The number of nitrogens with one attached hydrogen (secondary N) is 2. The van der Waals surface area contributed by atoms with Crippen LogP contribution in [0, 0.1) is 11.2 Å². The highest BCUT2D eigenvalue weighted by Crippen LogP contribution is 2.28. The minimum absolute atomic E-state index is 0.0388. The average Bonchev–Trinajstić information content (AvgIpc) is 2.32. The molecule has 1 saturated heterocycles. The molecule has 1 aliphatic rings. The predicted octanol–water partition coefficient (Wildman–Crippen LogP) is 2.35. The lowest BCUT2D eigenvalue weighted by molar-refractivity contribution is -0.0924. The fourth-order valence-electron chi connectivity index (χ4n) is 2.15. The topological polar surface area (TPSA) is 67.4 Å². The normalized spacial score (nSPS) is 17.9. The maximum Gasteiger partial charge on any atom is 0.244 e. The summed E-state index contributed by atoms with van der Waals surface area (Å²) in [5, 5.41) is 3.15. The number of ether oxygens (including phenoxy) is 1. The zero-order chi connectivity index (χ0) is 16.6. The minimum Gasteiger partial charge on any atom is -0.384 e. The van der Waals surface area contributed by atoms with E-state index in [2.05, 4.69) is 17.0 Å². The average molecular weight is 330 g/mol. The Morgan fingerprint density at radius 1 is 1.32 bits per heavy atom. The number of benzene rings is 1. The van der Waals surface area contributed by atoms with Crippen molar-refractivity contribution in [1.82, 2.24) is 4.72 Å². The molecule has 0 saturated carbocycles. The summed E-state index contributed by atoms with van der Waals surface area (Å²) in [4.78, 5) is -0.345. The van der Waals surface area contributed by atoms with Gasteiger partial charge in [-0.25, -0.2) is 17.5 Å². The third-order valence-corrected chi connectivity index (χ3v) is 5.05. The van der Waals surface area contributed by atoms with Gasteiger partial charge in [0.25, 0.3) is 0 Å². The highest BCUT2D eigenvalue weighted by molar-refractivity contribution is 7.89. The van der Waals surface area contributed by atoms with E-state index in [9.17, 15) is 12.8 Å². The summed E-state index contributed by atoms with van der Waals surface area (Å²) in [6.45, 7) is 9.18. The molecule has 2 N–H and O–H groups in total. The lowest BCUT2D eigenvalue weighted by Crippen LogP contribution is -2.45. The van der Waals surface area contributed by atoms with Crippen LogP contribution in [0.25, 0.3) is 0 Å². The lowest BCUT2D eigenvalue weighted by atomic mass is 9.89. The van der Waals surface area contributed by atoms with Gasteiger partial charge in [0.15, 0.2) is 0 Å². The maximum absolute atomic E-state index is 13.9. The molecule has 124 valence electrons. The summed E-state index contributed by atoms with van der Waals surface area (Å²) in [5.41, 5.74) is -0.0634. The standard InChI is InChI=1S/C15H23FN2O3S/c1-14(2,3)18-22(19,20)13-7-11(5-6-12(13)16)17-8-15(4)9-21-10-15/h5-7,17-18H,8-10H2,1-4H3. The van der Waals surface area contributed by atoms with Gasteiger partial charge < -0.3 is 10.1 Å². The van der Waals surface area contributed by atoms with Crippen LogP contribution in [0.2, 0.25) is 0 Å². The SMILES string of the molecule is CC1(CNc2ccc(F)c(S(=O)(=O)NC(C)(C)C)c2)COC1. The van der Waals surface area contributed by atoms with Crippen molar-refractivity contribution in [1.29, 1.82) is 0 Å². The Hall–Kier alpha value is -1.18. The van der Waals surface area contributed by atoms with E-state index in [0.717, 1.165) is 0 Å². The third-order valence-electron chi connectivity index (χ3n) is 3.28. The Kier molecular flexibility index (Phi) is 4.52. The summed E-state index contributed by atoms with van der Waals surface area (Å²) in [6.07, 6.45) is 0. The lowest BCUT2D eigenvalue weighted by Gasteiger charge is -2.38. The molecule has 0 radical (unpaired) electrons. The highest BCUT2D eigenvalue weighted by Gasteiger charge is 2.33. The summed E-state index contributed by atoms with van der Waals surface area (Å²) in [5.74, 6) is -0.763. The number of halogens is 1. The summed E-state index contributed by atoms with van der Waals surface area (Å²) in [6, 6.07) is 4.03. The highest BCUT2D eigenvalue weighted by atomic mass is 32.2. The van der Waals surface area contributed by atoms with Gasteiger partial charge in [-0.3, -0.25) is 0 Å². The quantitative estimate of drug-likeness (QED) is 0.870. The van der Waals surface area contributed by atoms with Crippen LogP contribution in [0.1, 0.15) is 27.7 Å². The number of hydrogen-bond acceptors (Lipinski definition) is 4.